The van der Waals surface area contributed by atoms with E-state index < -0.39 is 0 Å². The standard InChI is InChI=1S/C22H25N3O2/c1-16(17-9-5-4-6-10-17)15-20(26)24-21(22-23-13-14-25(22)2)18-11-7-8-12-19(18)27-3/h4-14,16,21H,15H2,1-3H3,(H,24,26). The Morgan fingerprint density at radius 3 is 2.52 bits per heavy atom. The van der Waals surface area contributed by atoms with Crippen molar-refractivity contribution >= 4 is 5.91 Å². The number of hydrogen-bond donors (Lipinski definition) is 1. The molecule has 5 heteroatoms. The molecular formula is C22H25N3O2. The Morgan fingerprint density at radius 2 is 1.85 bits per heavy atom. The van der Waals surface area contributed by atoms with Crippen molar-refractivity contribution in [2.75, 3.05) is 7.11 Å². The van der Waals surface area contributed by atoms with E-state index in [0.29, 0.717) is 6.42 Å². The maximum Gasteiger partial charge on any atom is 0.221 e. The van der Waals surface area contributed by atoms with Crippen LogP contribution < -0.4 is 10.1 Å². The number of benzene rings is 2. The van der Waals surface area contributed by atoms with Crippen LogP contribution in [0.15, 0.2) is 67.0 Å². The molecule has 2 aromatic carbocycles. The summed E-state index contributed by atoms with van der Waals surface area (Å²) in [5.41, 5.74) is 2.04. The van der Waals surface area contributed by atoms with Gasteiger partial charge in [0.15, 0.2) is 0 Å². The van der Waals surface area contributed by atoms with E-state index >= 15 is 0 Å². The van der Waals surface area contributed by atoms with E-state index in [1.807, 2.05) is 60.3 Å². The molecule has 0 aliphatic carbocycles. The summed E-state index contributed by atoms with van der Waals surface area (Å²) in [6.07, 6.45) is 4.01. The second-order valence-electron chi connectivity index (χ2n) is 6.65. The van der Waals surface area contributed by atoms with Crippen molar-refractivity contribution < 1.29 is 9.53 Å². The minimum atomic E-state index is -0.378. The number of nitrogens with one attached hydrogen (secondary N) is 1. The van der Waals surface area contributed by atoms with Crippen LogP contribution in [0.25, 0.3) is 0 Å². The molecule has 2 atom stereocenters. The van der Waals surface area contributed by atoms with E-state index in [0.717, 1.165) is 22.7 Å². The fourth-order valence-corrected chi connectivity index (χ4v) is 3.24. The number of methoxy groups -OCH3 is 1. The number of hydrogen-bond acceptors (Lipinski definition) is 3. The Labute approximate surface area is 160 Å². The minimum absolute atomic E-state index is 0.0229. The van der Waals surface area contributed by atoms with Gasteiger partial charge in [0.2, 0.25) is 5.91 Å². The van der Waals surface area contributed by atoms with Crippen LogP contribution in [0.2, 0.25) is 0 Å². The van der Waals surface area contributed by atoms with Crippen molar-refractivity contribution in [3.8, 4) is 5.75 Å². The highest BCUT2D eigenvalue weighted by Crippen LogP contribution is 2.29. The molecule has 0 aliphatic heterocycles. The second kappa shape index (κ2) is 8.54. The van der Waals surface area contributed by atoms with E-state index in [2.05, 4.69) is 29.4 Å². The van der Waals surface area contributed by atoms with Crippen molar-refractivity contribution in [2.24, 2.45) is 7.05 Å². The first-order valence-electron chi connectivity index (χ1n) is 9.04. The fourth-order valence-electron chi connectivity index (χ4n) is 3.24. The molecule has 2 unspecified atom stereocenters. The van der Waals surface area contributed by atoms with Gasteiger partial charge < -0.3 is 14.6 Å². The quantitative estimate of drug-likeness (QED) is 0.694. The maximum absolute atomic E-state index is 12.8. The number of carbonyl (C=O) groups is 1. The van der Waals surface area contributed by atoms with Crippen LogP contribution >= 0.6 is 0 Å². The van der Waals surface area contributed by atoms with Crippen molar-refractivity contribution in [1.29, 1.82) is 0 Å². The van der Waals surface area contributed by atoms with Gasteiger partial charge in [0, 0.05) is 31.4 Å². The molecular weight excluding hydrogens is 338 g/mol. The first kappa shape index (κ1) is 18.7. The summed E-state index contributed by atoms with van der Waals surface area (Å²) in [7, 11) is 3.55. The third-order valence-electron chi connectivity index (χ3n) is 4.73. The minimum Gasteiger partial charge on any atom is -0.496 e. The molecule has 0 spiro atoms. The first-order valence-corrected chi connectivity index (χ1v) is 9.04. The normalized spacial score (nSPS) is 13.0. The van der Waals surface area contributed by atoms with Gasteiger partial charge in [-0.3, -0.25) is 4.79 Å². The van der Waals surface area contributed by atoms with Crippen LogP contribution in [-0.4, -0.2) is 22.6 Å². The molecule has 0 bridgehead atoms. The van der Waals surface area contributed by atoms with Crippen molar-refractivity contribution in [2.45, 2.75) is 25.3 Å². The summed E-state index contributed by atoms with van der Waals surface area (Å²) in [6, 6.07) is 17.4. The largest absolute Gasteiger partial charge is 0.496 e. The van der Waals surface area contributed by atoms with Crippen LogP contribution in [0, 0.1) is 0 Å². The molecule has 140 valence electrons. The smallest absolute Gasteiger partial charge is 0.221 e. The van der Waals surface area contributed by atoms with E-state index in [-0.39, 0.29) is 17.9 Å². The summed E-state index contributed by atoms with van der Waals surface area (Å²) >= 11 is 0. The lowest BCUT2D eigenvalue weighted by Crippen LogP contribution is -2.32. The molecule has 0 saturated carbocycles. The highest BCUT2D eigenvalue weighted by Gasteiger charge is 2.24. The van der Waals surface area contributed by atoms with Gasteiger partial charge in [-0.15, -0.1) is 0 Å². The number of para-hydroxylation sites is 1. The number of ether oxygens (including phenoxy) is 1. The molecule has 1 heterocycles. The number of nitrogens with zero attached hydrogens (tertiary/aromatic N) is 2. The predicted octanol–water partition coefficient (Wildman–Crippen LogP) is 3.83. The van der Waals surface area contributed by atoms with Crippen molar-refractivity contribution in [3.05, 3.63) is 83.9 Å². The highest BCUT2D eigenvalue weighted by molar-refractivity contribution is 5.78. The molecule has 27 heavy (non-hydrogen) atoms. The number of carbonyl (C=O) groups excluding carboxylic acids is 1. The predicted molar refractivity (Wildman–Crippen MR) is 106 cm³/mol. The van der Waals surface area contributed by atoms with Crippen LogP contribution in [0.4, 0.5) is 0 Å². The zero-order chi connectivity index (χ0) is 19.2. The Kier molecular flexibility index (Phi) is 5.91. The SMILES string of the molecule is COc1ccccc1C(NC(=O)CC(C)c1ccccc1)c1nccn1C. The van der Waals surface area contributed by atoms with Crippen LogP contribution in [0.3, 0.4) is 0 Å². The Hall–Kier alpha value is -3.08. The third kappa shape index (κ3) is 4.37. The van der Waals surface area contributed by atoms with E-state index in [9.17, 15) is 4.79 Å². The van der Waals surface area contributed by atoms with Gasteiger partial charge in [-0.25, -0.2) is 4.98 Å². The second-order valence-corrected chi connectivity index (χ2v) is 6.65. The molecule has 0 fully saturated rings. The van der Waals surface area contributed by atoms with Gasteiger partial charge in [0.25, 0.3) is 0 Å². The van der Waals surface area contributed by atoms with Crippen molar-refractivity contribution in [1.82, 2.24) is 14.9 Å². The van der Waals surface area contributed by atoms with E-state index in [4.69, 9.17) is 4.74 Å². The summed E-state index contributed by atoms with van der Waals surface area (Å²) < 4.78 is 7.42. The number of amides is 1. The lowest BCUT2D eigenvalue weighted by atomic mass is 9.97. The third-order valence-corrected chi connectivity index (χ3v) is 4.73. The van der Waals surface area contributed by atoms with Gasteiger partial charge in [-0.05, 0) is 17.5 Å². The molecule has 0 aliphatic rings. The van der Waals surface area contributed by atoms with Gasteiger partial charge in [0.1, 0.15) is 17.6 Å². The van der Waals surface area contributed by atoms with Crippen LogP contribution in [-0.2, 0) is 11.8 Å². The highest BCUT2D eigenvalue weighted by atomic mass is 16.5. The average Bonchev–Trinajstić information content (AvgIpc) is 3.12. The molecule has 5 nitrogen and oxygen atoms in total. The van der Waals surface area contributed by atoms with Crippen LogP contribution in [0.1, 0.15) is 42.3 Å². The van der Waals surface area contributed by atoms with Gasteiger partial charge in [-0.1, -0.05) is 55.5 Å². The monoisotopic (exact) mass is 363 g/mol. The van der Waals surface area contributed by atoms with Crippen LogP contribution in [0.5, 0.6) is 5.75 Å². The molecule has 1 N–H and O–H groups in total. The molecule has 3 rings (SSSR count). The zero-order valence-corrected chi connectivity index (χ0v) is 15.9. The summed E-state index contributed by atoms with van der Waals surface area (Å²) in [6.45, 7) is 2.06. The number of aromatic nitrogens is 2. The number of aryl methyl sites for hydroxylation is 1. The Morgan fingerprint density at radius 1 is 1.15 bits per heavy atom. The molecule has 0 radical (unpaired) electrons. The summed E-state index contributed by atoms with van der Waals surface area (Å²) in [4.78, 5) is 17.3. The molecule has 1 aromatic heterocycles. The Balaban J connectivity index is 1.84. The van der Waals surface area contributed by atoms with Gasteiger partial charge in [-0.2, -0.15) is 0 Å². The number of imidazole rings is 1. The topological polar surface area (TPSA) is 56.1 Å². The van der Waals surface area contributed by atoms with Crippen molar-refractivity contribution in [3.63, 3.8) is 0 Å². The average molecular weight is 363 g/mol. The molecule has 1 amide bonds. The van der Waals surface area contributed by atoms with Gasteiger partial charge >= 0.3 is 0 Å². The fraction of sp³-hybridized carbons (Fsp3) is 0.273. The van der Waals surface area contributed by atoms with E-state index in [1.165, 1.54) is 0 Å². The molecule has 3 aromatic rings. The summed E-state index contributed by atoms with van der Waals surface area (Å²) in [5, 5.41) is 3.15. The maximum atomic E-state index is 12.8. The molecule has 0 saturated heterocycles. The summed E-state index contributed by atoms with van der Waals surface area (Å²) in [5.74, 6) is 1.60. The Bertz CT molecular complexity index is 889. The van der Waals surface area contributed by atoms with E-state index in [1.54, 1.807) is 13.3 Å². The lowest BCUT2D eigenvalue weighted by molar-refractivity contribution is -0.122. The first-order chi connectivity index (χ1) is 13.1. The zero-order valence-electron chi connectivity index (χ0n) is 15.9. The number of rotatable bonds is 7. The van der Waals surface area contributed by atoms with Gasteiger partial charge in [0.05, 0.1) is 7.11 Å². The lowest BCUT2D eigenvalue weighted by Gasteiger charge is -2.22.